The van der Waals surface area contributed by atoms with Crippen LogP contribution in [0.25, 0.3) is 0 Å². The molecule has 0 aliphatic heterocycles. The van der Waals surface area contributed by atoms with E-state index >= 15 is 0 Å². The van der Waals surface area contributed by atoms with Crippen molar-refractivity contribution >= 4 is 11.4 Å². The lowest BCUT2D eigenvalue weighted by molar-refractivity contribution is 1.17. The van der Waals surface area contributed by atoms with Gasteiger partial charge >= 0.3 is 0 Å². The van der Waals surface area contributed by atoms with Crippen molar-refractivity contribution in [3.05, 3.63) is 24.0 Å². The summed E-state index contributed by atoms with van der Waals surface area (Å²) in [6, 6.07) is 3.90. The number of pyridine rings is 1. The van der Waals surface area contributed by atoms with Gasteiger partial charge in [-0.25, -0.2) is 0 Å². The molecule has 0 unspecified atom stereocenters. The summed E-state index contributed by atoms with van der Waals surface area (Å²) in [7, 11) is 0. The van der Waals surface area contributed by atoms with Crippen LogP contribution < -0.4 is 0 Å². The highest BCUT2D eigenvalue weighted by molar-refractivity contribution is 5.84. The Labute approximate surface area is 73.4 Å². The number of hydrogen-bond donors (Lipinski definition) is 0. The van der Waals surface area contributed by atoms with Crippen molar-refractivity contribution in [3.8, 4) is 0 Å². The summed E-state index contributed by atoms with van der Waals surface area (Å²) in [4.78, 5) is 8.59. The molecule has 0 aliphatic carbocycles. The average molecular weight is 162 g/mol. The van der Waals surface area contributed by atoms with Crippen LogP contribution in [0, 0.1) is 6.92 Å². The first-order chi connectivity index (χ1) is 5.74. The number of aryl methyl sites for hydroxylation is 1. The zero-order valence-corrected chi connectivity index (χ0v) is 7.83. The monoisotopic (exact) mass is 162 g/mol. The summed E-state index contributed by atoms with van der Waals surface area (Å²) in [5, 5.41) is 0. The van der Waals surface area contributed by atoms with E-state index in [4.69, 9.17) is 0 Å². The third-order valence-electron chi connectivity index (χ3n) is 1.80. The summed E-state index contributed by atoms with van der Waals surface area (Å²) in [5.41, 5.74) is 3.12. The second-order valence-electron chi connectivity index (χ2n) is 2.81. The van der Waals surface area contributed by atoms with E-state index in [9.17, 15) is 0 Å². The quantitative estimate of drug-likeness (QED) is 0.614. The van der Waals surface area contributed by atoms with E-state index in [1.807, 2.05) is 26.0 Å². The van der Waals surface area contributed by atoms with Gasteiger partial charge in [-0.15, -0.1) is 0 Å². The Kier molecular flexibility index (Phi) is 2.97. The van der Waals surface area contributed by atoms with Crippen LogP contribution in [-0.4, -0.2) is 10.7 Å². The summed E-state index contributed by atoms with van der Waals surface area (Å²) in [6.45, 7) is 6.11. The first-order valence-electron chi connectivity index (χ1n) is 4.20. The second-order valence-corrected chi connectivity index (χ2v) is 2.81. The molecule has 1 aromatic rings. The van der Waals surface area contributed by atoms with E-state index < -0.39 is 0 Å². The number of aromatic nitrogens is 1. The lowest BCUT2D eigenvalue weighted by atomic mass is 10.3. The maximum absolute atomic E-state index is 4.43. The van der Waals surface area contributed by atoms with Crippen molar-refractivity contribution in [2.45, 2.75) is 27.2 Å². The number of aliphatic imine (C=N–C) groups is 1. The fraction of sp³-hybridized carbons (Fsp3) is 0.400. The molecule has 0 saturated carbocycles. The SMILES string of the molecule is CCC(C)=Nc1cccnc1C. The predicted octanol–water partition coefficient (Wildman–Crippen LogP) is 2.89. The first-order valence-corrected chi connectivity index (χ1v) is 4.20. The molecule has 0 aromatic carbocycles. The molecule has 0 aliphatic rings. The van der Waals surface area contributed by atoms with E-state index in [0.717, 1.165) is 23.5 Å². The van der Waals surface area contributed by atoms with Gasteiger partial charge in [0.2, 0.25) is 0 Å². The van der Waals surface area contributed by atoms with Gasteiger partial charge in [0.05, 0.1) is 11.4 Å². The summed E-state index contributed by atoms with van der Waals surface area (Å²) >= 11 is 0. The van der Waals surface area contributed by atoms with Crippen molar-refractivity contribution in [1.82, 2.24) is 4.98 Å². The minimum Gasteiger partial charge on any atom is -0.259 e. The van der Waals surface area contributed by atoms with Gasteiger partial charge in [0.15, 0.2) is 0 Å². The largest absolute Gasteiger partial charge is 0.259 e. The average Bonchev–Trinajstić information content (AvgIpc) is 2.09. The molecule has 1 aromatic heterocycles. The molecule has 1 heterocycles. The van der Waals surface area contributed by atoms with Gasteiger partial charge in [0, 0.05) is 11.9 Å². The number of nitrogens with zero attached hydrogens (tertiary/aromatic N) is 2. The highest BCUT2D eigenvalue weighted by Crippen LogP contribution is 2.15. The molecule has 2 heteroatoms. The minimum atomic E-state index is 0.983. The standard InChI is InChI=1S/C10H14N2/c1-4-8(2)12-10-6-5-7-11-9(10)3/h5-7H,4H2,1-3H3. The van der Waals surface area contributed by atoms with Crippen LogP contribution >= 0.6 is 0 Å². The summed E-state index contributed by atoms with van der Waals surface area (Å²) < 4.78 is 0. The molecule has 0 N–H and O–H groups in total. The Morgan fingerprint density at radius 2 is 2.33 bits per heavy atom. The molecule has 64 valence electrons. The Balaban J connectivity index is 2.96. The van der Waals surface area contributed by atoms with Gasteiger partial charge < -0.3 is 0 Å². The smallest absolute Gasteiger partial charge is 0.0841 e. The van der Waals surface area contributed by atoms with Crippen LogP contribution in [-0.2, 0) is 0 Å². The van der Waals surface area contributed by atoms with Crippen molar-refractivity contribution in [2.75, 3.05) is 0 Å². The van der Waals surface area contributed by atoms with Crippen LogP contribution in [0.5, 0.6) is 0 Å². The van der Waals surface area contributed by atoms with Crippen LogP contribution in [0.4, 0.5) is 5.69 Å². The zero-order chi connectivity index (χ0) is 8.97. The lowest BCUT2D eigenvalue weighted by Crippen LogP contribution is -1.87. The molecule has 1 rings (SSSR count). The van der Waals surface area contributed by atoms with Crippen molar-refractivity contribution in [3.63, 3.8) is 0 Å². The Morgan fingerprint density at radius 3 is 2.92 bits per heavy atom. The third-order valence-corrected chi connectivity index (χ3v) is 1.80. The first kappa shape index (κ1) is 8.91. The molecule has 0 saturated heterocycles. The summed E-state index contributed by atoms with van der Waals surface area (Å²) in [5.74, 6) is 0. The molecule has 0 atom stereocenters. The van der Waals surface area contributed by atoms with Gasteiger partial charge in [-0.05, 0) is 32.4 Å². The Bertz CT molecular complexity index is 290. The highest BCUT2D eigenvalue weighted by Gasteiger charge is 1.94. The molecule has 2 nitrogen and oxygen atoms in total. The van der Waals surface area contributed by atoms with Crippen LogP contribution in [0.1, 0.15) is 26.0 Å². The van der Waals surface area contributed by atoms with Gasteiger partial charge in [-0.2, -0.15) is 0 Å². The van der Waals surface area contributed by atoms with Gasteiger partial charge in [-0.1, -0.05) is 6.92 Å². The fourth-order valence-corrected chi connectivity index (χ4v) is 0.879. The van der Waals surface area contributed by atoms with Crippen molar-refractivity contribution in [1.29, 1.82) is 0 Å². The van der Waals surface area contributed by atoms with E-state index in [0.29, 0.717) is 0 Å². The van der Waals surface area contributed by atoms with E-state index in [1.54, 1.807) is 6.20 Å². The molecule has 12 heavy (non-hydrogen) atoms. The fourth-order valence-electron chi connectivity index (χ4n) is 0.879. The van der Waals surface area contributed by atoms with Gasteiger partial charge in [0.25, 0.3) is 0 Å². The number of hydrogen-bond acceptors (Lipinski definition) is 2. The second kappa shape index (κ2) is 4.00. The Morgan fingerprint density at radius 1 is 1.58 bits per heavy atom. The van der Waals surface area contributed by atoms with Crippen molar-refractivity contribution < 1.29 is 0 Å². The van der Waals surface area contributed by atoms with Crippen LogP contribution in [0.2, 0.25) is 0 Å². The Hall–Kier alpha value is -1.18. The van der Waals surface area contributed by atoms with Crippen molar-refractivity contribution in [2.24, 2.45) is 4.99 Å². The van der Waals surface area contributed by atoms with Crippen LogP contribution in [0.15, 0.2) is 23.3 Å². The van der Waals surface area contributed by atoms with Crippen LogP contribution in [0.3, 0.4) is 0 Å². The van der Waals surface area contributed by atoms with E-state index in [2.05, 4.69) is 16.9 Å². The molecule has 0 radical (unpaired) electrons. The zero-order valence-electron chi connectivity index (χ0n) is 7.83. The number of rotatable bonds is 2. The van der Waals surface area contributed by atoms with Gasteiger partial charge in [-0.3, -0.25) is 9.98 Å². The maximum Gasteiger partial charge on any atom is 0.0841 e. The van der Waals surface area contributed by atoms with Gasteiger partial charge in [0.1, 0.15) is 0 Å². The predicted molar refractivity (Wildman–Crippen MR) is 52.0 cm³/mol. The maximum atomic E-state index is 4.43. The van der Waals surface area contributed by atoms with E-state index in [1.165, 1.54) is 0 Å². The molecule has 0 amide bonds. The summed E-state index contributed by atoms with van der Waals surface area (Å²) in [6.07, 6.45) is 2.78. The minimum absolute atomic E-state index is 0.983. The highest BCUT2D eigenvalue weighted by atomic mass is 14.8. The molecular weight excluding hydrogens is 148 g/mol. The van der Waals surface area contributed by atoms with E-state index in [-0.39, 0.29) is 0 Å². The lowest BCUT2D eigenvalue weighted by Gasteiger charge is -1.99. The molecule has 0 spiro atoms. The molecule has 0 bridgehead atoms. The normalized spacial score (nSPS) is 11.8. The third kappa shape index (κ3) is 2.16. The molecular formula is C10H14N2. The molecule has 0 fully saturated rings. The topological polar surface area (TPSA) is 25.2 Å².